The Kier molecular flexibility index (Phi) is 5.36. The van der Waals surface area contributed by atoms with E-state index in [1.165, 1.54) is 29.5 Å². The topological polar surface area (TPSA) is 84.2 Å². The van der Waals surface area contributed by atoms with Gasteiger partial charge in [-0.3, -0.25) is 9.59 Å². The standard InChI is InChI=1S/C17H20FN3O2S/c1-10-7-13(21-15(22)11-5-4-6-12(18)8-11)24-14(10)16(23)20-9-17(2,3)19/h4-8H,9,19H2,1-3H3,(H,20,23)(H,21,22). The molecule has 0 spiro atoms. The van der Waals surface area contributed by atoms with Gasteiger partial charge in [0.15, 0.2) is 0 Å². The van der Waals surface area contributed by atoms with E-state index < -0.39 is 17.3 Å². The van der Waals surface area contributed by atoms with Crippen molar-refractivity contribution in [1.29, 1.82) is 0 Å². The molecule has 1 aromatic carbocycles. The molecule has 0 bridgehead atoms. The van der Waals surface area contributed by atoms with Gasteiger partial charge in [-0.1, -0.05) is 6.07 Å². The molecule has 0 atom stereocenters. The average Bonchev–Trinajstić information content (AvgIpc) is 2.84. The van der Waals surface area contributed by atoms with E-state index in [1.807, 2.05) is 13.8 Å². The fourth-order valence-electron chi connectivity index (χ4n) is 1.97. The Morgan fingerprint density at radius 3 is 2.58 bits per heavy atom. The van der Waals surface area contributed by atoms with Gasteiger partial charge in [0, 0.05) is 17.6 Å². The van der Waals surface area contributed by atoms with E-state index in [0.29, 0.717) is 16.4 Å². The van der Waals surface area contributed by atoms with Crippen LogP contribution in [0.15, 0.2) is 30.3 Å². The Hall–Kier alpha value is -2.25. The quantitative estimate of drug-likeness (QED) is 0.776. The summed E-state index contributed by atoms with van der Waals surface area (Å²) in [5, 5.41) is 5.98. The molecule has 2 aromatic rings. The van der Waals surface area contributed by atoms with Gasteiger partial charge in [0.2, 0.25) is 0 Å². The molecule has 0 aliphatic carbocycles. The molecule has 0 aliphatic heterocycles. The Bertz CT molecular complexity index is 765. The first-order chi connectivity index (χ1) is 11.2. The highest BCUT2D eigenvalue weighted by Gasteiger charge is 2.18. The highest BCUT2D eigenvalue weighted by Crippen LogP contribution is 2.27. The second-order valence-corrected chi connectivity index (χ2v) is 7.31. The van der Waals surface area contributed by atoms with Crippen molar-refractivity contribution in [2.24, 2.45) is 5.73 Å². The van der Waals surface area contributed by atoms with E-state index in [1.54, 1.807) is 13.0 Å². The van der Waals surface area contributed by atoms with Crippen LogP contribution in [-0.4, -0.2) is 23.9 Å². The van der Waals surface area contributed by atoms with Crippen molar-refractivity contribution in [3.8, 4) is 0 Å². The summed E-state index contributed by atoms with van der Waals surface area (Å²) in [7, 11) is 0. The van der Waals surface area contributed by atoms with E-state index in [2.05, 4.69) is 10.6 Å². The smallest absolute Gasteiger partial charge is 0.261 e. The van der Waals surface area contributed by atoms with Gasteiger partial charge in [-0.05, 0) is 50.6 Å². The van der Waals surface area contributed by atoms with Crippen molar-refractivity contribution in [2.75, 3.05) is 11.9 Å². The van der Waals surface area contributed by atoms with Crippen molar-refractivity contribution in [2.45, 2.75) is 26.3 Å². The van der Waals surface area contributed by atoms with E-state index in [0.717, 1.165) is 11.6 Å². The molecule has 1 aromatic heterocycles. The third-order valence-corrected chi connectivity index (χ3v) is 4.30. The molecule has 0 saturated carbocycles. The molecule has 0 unspecified atom stereocenters. The molecular formula is C17H20FN3O2S. The van der Waals surface area contributed by atoms with Crippen molar-refractivity contribution < 1.29 is 14.0 Å². The minimum atomic E-state index is -0.505. The van der Waals surface area contributed by atoms with Crippen molar-refractivity contribution in [1.82, 2.24) is 5.32 Å². The Labute approximate surface area is 144 Å². The lowest BCUT2D eigenvalue weighted by Gasteiger charge is -2.18. The highest BCUT2D eigenvalue weighted by molar-refractivity contribution is 7.18. The molecule has 2 rings (SSSR count). The second kappa shape index (κ2) is 7.11. The zero-order valence-corrected chi connectivity index (χ0v) is 14.6. The molecule has 2 amide bonds. The van der Waals surface area contributed by atoms with Crippen LogP contribution in [0.5, 0.6) is 0 Å². The van der Waals surface area contributed by atoms with Crippen molar-refractivity contribution in [3.05, 3.63) is 52.2 Å². The number of thiophene rings is 1. The van der Waals surface area contributed by atoms with Crippen LogP contribution in [0.4, 0.5) is 9.39 Å². The number of hydrogen-bond acceptors (Lipinski definition) is 4. The summed E-state index contributed by atoms with van der Waals surface area (Å²) < 4.78 is 13.2. The third-order valence-electron chi connectivity index (χ3n) is 3.15. The van der Waals surface area contributed by atoms with E-state index in [9.17, 15) is 14.0 Å². The minimum Gasteiger partial charge on any atom is -0.350 e. The summed E-state index contributed by atoms with van der Waals surface area (Å²) in [5.74, 6) is -1.14. The van der Waals surface area contributed by atoms with Crippen LogP contribution < -0.4 is 16.4 Å². The van der Waals surface area contributed by atoms with Crippen LogP contribution >= 0.6 is 11.3 Å². The second-order valence-electron chi connectivity index (χ2n) is 6.26. The van der Waals surface area contributed by atoms with E-state index >= 15 is 0 Å². The van der Waals surface area contributed by atoms with Gasteiger partial charge in [-0.15, -0.1) is 11.3 Å². The number of carbonyl (C=O) groups excluding carboxylic acids is 2. The van der Waals surface area contributed by atoms with E-state index in [-0.39, 0.29) is 11.5 Å². The number of nitrogens with two attached hydrogens (primary N) is 1. The fourth-order valence-corrected chi connectivity index (χ4v) is 2.96. The highest BCUT2D eigenvalue weighted by atomic mass is 32.1. The molecule has 5 nitrogen and oxygen atoms in total. The molecule has 7 heteroatoms. The fraction of sp³-hybridized carbons (Fsp3) is 0.294. The number of benzene rings is 1. The maximum absolute atomic E-state index is 13.2. The summed E-state index contributed by atoms with van der Waals surface area (Å²) in [5.41, 5.74) is 6.32. The monoisotopic (exact) mass is 349 g/mol. The lowest BCUT2D eigenvalue weighted by atomic mass is 10.1. The van der Waals surface area contributed by atoms with E-state index in [4.69, 9.17) is 5.73 Å². The Morgan fingerprint density at radius 1 is 1.25 bits per heavy atom. The summed E-state index contributed by atoms with van der Waals surface area (Å²) in [6, 6.07) is 7.14. The van der Waals surface area contributed by atoms with Gasteiger partial charge in [-0.2, -0.15) is 0 Å². The third kappa shape index (κ3) is 4.87. The number of hydrogen-bond donors (Lipinski definition) is 3. The van der Waals surface area contributed by atoms with Crippen molar-refractivity contribution >= 4 is 28.2 Å². The molecule has 4 N–H and O–H groups in total. The molecule has 128 valence electrons. The lowest BCUT2D eigenvalue weighted by Crippen LogP contribution is -2.45. The summed E-state index contributed by atoms with van der Waals surface area (Å²) in [6.45, 7) is 5.77. The number of nitrogens with one attached hydrogen (secondary N) is 2. The van der Waals surface area contributed by atoms with Gasteiger partial charge in [0.05, 0.1) is 9.88 Å². The zero-order chi connectivity index (χ0) is 17.9. The molecule has 0 saturated heterocycles. The van der Waals surface area contributed by atoms with Crippen LogP contribution in [0.2, 0.25) is 0 Å². The summed E-state index contributed by atoms with van der Waals surface area (Å²) in [6.07, 6.45) is 0. The van der Waals surface area contributed by atoms with Gasteiger partial charge in [-0.25, -0.2) is 4.39 Å². The maximum Gasteiger partial charge on any atom is 0.261 e. The first-order valence-corrected chi connectivity index (χ1v) is 8.22. The molecule has 24 heavy (non-hydrogen) atoms. The average molecular weight is 349 g/mol. The van der Waals surface area contributed by atoms with Crippen LogP contribution in [0.3, 0.4) is 0 Å². The predicted octanol–water partition coefficient (Wildman–Crippen LogP) is 2.92. The normalized spacial score (nSPS) is 11.2. The molecule has 0 radical (unpaired) electrons. The Balaban J connectivity index is 2.08. The van der Waals surface area contributed by atoms with Crippen molar-refractivity contribution in [3.63, 3.8) is 0 Å². The van der Waals surface area contributed by atoms with Crippen LogP contribution in [-0.2, 0) is 0 Å². The largest absolute Gasteiger partial charge is 0.350 e. The van der Waals surface area contributed by atoms with Gasteiger partial charge >= 0.3 is 0 Å². The first-order valence-electron chi connectivity index (χ1n) is 7.40. The molecular weight excluding hydrogens is 329 g/mol. The predicted molar refractivity (Wildman–Crippen MR) is 94.0 cm³/mol. The number of amides is 2. The first kappa shape index (κ1) is 18.1. The van der Waals surface area contributed by atoms with Gasteiger partial charge < -0.3 is 16.4 Å². The SMILES string of the molecule is Cc1cc(NC(=O)c2cccc(F)c2)sc1C(=O)NCC(C)(C)N. The molecule has 0 fully saturated rings. The lowest BCUT2D eigenvalue weighted by molar-refractivity contribution is 0.0948. The van der Waals surface area contributed by atoms with Gasteiger partial charge in [0.1, 0.15) is 5.82 Å². The van der Waals surface area contributed by atoms with Crippen LogP contribution in [0, 0.1) is 12.7 Å². The van der Waals surface area contributed by atoms with Gasteiger partial charge in [0.25, 0.3) is 11.8 Å². The Morgan fingerprint density at radius 2 is 1.96 bits per heavy atom. The zero-order valence-electron chi connectivity index (χ0n) is 13.8. The van der Waals surface area contributed by atoms with Crippen LogP contribution in [0.1, 0.15) is 39.4 Å². The summed E-state index contributed by atoms with van der Waals surface area (Å²) in [4.78, 5) is 24.8. The summed E-state index contributed by atoms with van der Waals surface area (Å²) >= 11 is 1.17. The number of halogens is 1. The minimum absolute atomic E-state index is 0.219. The maximum atomic E-state index is 13.2. The molecule has 0 aliphatic rings. The number of anilines is 1. The number of carbonyl (C=O) groups is 2. The molecule has 1 heterocycles. The number of rotatable bonds is 5. The van der Waals surface area contributed by atoms with Crippen LogP contribution in [0.25, 0.3) is 0 Å². The number of aryl methyl sites for hydroxylation is 1.